The van der Waals surface area contributed by atoms with Gasteiger partial charge in [-0.2, -0.15) is 0 Å². The van der Waals surface area contributed by atoms with E-state index < -0.39 is 28.5 Å². The van der Waals surface area contributed by atoms with Crippen molar-refractivity contribution in [2.75, 3.05) is 17.1 Å². The molecule has 0 aliphatic heterocycles. The van der Waals surface area contributed by atoms with Crippen molar-refractivity contribution in [3.63, 3.8) is 0 Å². The molecule has 2 amide bonds. The maximum atomic E-state index is 13.8. The first-order valence-electron chi connectivity index (χ1n) is 13.2. The smallest absolute Gasteiger partial charge is 0.244 e. The van der Waals surface area contributed by atoms with E-state index in [-0.39, 0.29) is 18.5 Å². The monoisotopic (exact) mass is 585 g/mol. The molecule has 8 nitrogen and oxygen atoms in total. The highest BCUT2D eigenvalue weighted by atomic mass is 35.5. The molecule has 0 aromatic heterocycles. The van der Waals surface area contributed by atoms with Crippen molar-refractivity contribution < 1.29 is 22.7 Å². The van der Waals surface area contributed by atoms with E-state index in [4.69, 9.17) is 16.3 Å². The van der Waals surface area contributed by atoms with Crippen molar-refractivity contribution in [3.8, 4) is 11.5 Å². The number of sulfonamides is 1. The first-order valence-corrected chi connectivity index (χ1v) is 15.4. The molecule has 0 unspecified atom stereocenters. The Kier molecular flexibility index (Phi) is 11.0. The number of nitrogens with one attached hydrogen (secondary N) is 1. The van der Waals surface area contributed by atoms with Crippen molar-refractivity contribution in [1.82, 2.24) is 10.2 Å². The first-order chi connectivity index (χ1) is 19.0. The van der Waals surface area contributed by atoms with Crippen LogP contribution in [-0.2, 0) is 26.2 Å². The minimum atomic E-state index is -3.85. The van der Waals surface area contributed by atoms with Crippen molar-refractivity contribution in [2.24, 2.45) is 0 Å². The summed E-state index contributed by atoms with van der Waals surface area (Å²) in [4.78, 5) is 28.4. The molecule has 214 valence electrons. The number of ether oxygens (including phenoxy) is 1. The van der Waals surface area contributed by atoms with Gasteiger partial charge in [0.2, 0.25) is 21.8 Å². The number of hydrogen-bond donors (Lipinski definition) is 1. The van der Waals surface area contributed by atoms with E-state index in [0.29, 0.717) is 28.6 Å². The van der Waals surface area contributed by atoms with Crippen LogP contribution in [0.15, 0.2) is 78.9 Å². The van der Waals surface area contributed by atoms with E-state index >= 15 is 0 Å². The maximum Gasteiger partial charge on any atom is 0.244 e. The molecule has 1 N–H and O–H groups in total. The number of carbonyl (C=O) groups excluding carboxylic acids is 2. The zero-order valence-electron chi connectivity index (χ0n) is 23.2. The number of amides is 2. The molecular weight excluding hydrogens is 550 g/mol. The van der Waals surface area contributed by atoms with Crippen LogP contribution in [0.4, 0.5) is 5.69 Å². The summed E-state index contributed by atoms with van der Waals surface area (Å²) in [7, 11) is -3.85. The molecule has 10 heteroatoms. The molecule has 2 atom stereocenters. The van der Waals surface area contributed by atoms with Crippen LogP contribution in [0.25, 0.3) is 0 Å². The van der Waals surface area contributed by atoms with Gasteiger partial charge < -0.3 is 15.0 Å². The van der Waals surface area contributed by atoms with E-state index in [1.807, 2.05) is 51.1 Å². The Bertz CT molecular complexity index is 1370. The Morgan fingerprint density at radius 1 is 0.900 bits per heavy atom. The van der Waals surface area contributed by atoms with E-state index in [1.165, 1.54) is 4.90 Å². The third-order valence-corrected chi connectivity index (χ3v) is 7.83. The van der Waals surface area contributed by atoms with E-state index in [9.17, 15) is 18.0 Å². The molecule has 40 heavy (non-hydrogen) atoms. The molecule has 0 saturated carbocycles. The van der Waals surface area contributed by atoms with E-state index in [1.54, 1.807) is 48.5 Å². The summed E-state index contributed by atoms with van der Waals surface area (Å²) < 4.78 is 32.5. The summed E-state index contributed by atoms with van der Waals surface area (Å²) in [6.45, 7) is 5.32. The first kappa shape index (κ1) is 31.0. The summed E-state index contributed by atoms with van der Waals surface area (Å²) in [5, 5.41) is 3.50. The largest absolute Gasteiger partial charge is 0.457 e. The summed E-state index contributed by atoms with van der Waals surface area (Å²) in [6.07, 6.45) is 2.14. The van der Waals surface area contributed by atoms with E-state index in [2.05, 4.69) is 5.32 Å². The lowest BCUT2D eigenvalue weighted by atomic mass is 10.1. The second-order valence-corrected chi connectivity index (χ2v) is 11.9. The average Bonchev–Trinajstić information content (AvgIpc) is 2.93. The number of hydrogen-bond acceptors (Lipinski definition) is 5. The van der Waals surface area contributed by atoms with Crippen LogP contribution in [0.3, 0.4) is 0 Å². The Morgan fingerprint density at radius 2 is 1.50 bits per heavy atom. The van der Waals surface area contributed by atoms with Gasteiger partial charge in [0, 0.05) is 17.6 Å². The van der Waals surface area contributed by atoms with Crippen LogP contribution in [0.1, 0.15) is 39.2 Å². The van der Waals surface area contributed by atoms with Gasteiger partial charge in [-0.1, -0.05) is 55.8 Å². The minimum absolute atomic E-state index is 0.0711. The Labute approximate surface area is 241 Å². The standard InChI is InChI=1S/C30H36ClN3O5S/c1-5-22(3)32-30(36)28(6-2)33(20-23-12-14-24(31)15-13-23)29(35)21-34(40(4,37)38)25-16-18-27(19-17-25)39-26-10-8-7-9-11-26/h7-19,22,28H,5-6,20-21H2,1-4H3,(H,32,36)/t22-,28-/m0/s1. The topological polar surface area (TPSA) is 96.0 Å². The highest BCUT2D eigenvalue weighted by molar-refractivity contribution is 7.92. The number of carbonyl (C=O) groups is 2. The molecule has 0 bridgehead atoms. The molecule has 3 aromatic carbocycles. The van der Waals surface area contributed by atoms with Crippen molar-refractivity contribution >= 4 is 39.1 Å². The second-order valence-electron chi connectivity index (χ2n) is 9.57. The third-order valence-electron chi connectivity index (χ3n) is 6.44. The highest BCUT2D eigenvalue weighted by Crippen LogP contribution is 2.26. The third kappa shape index (κ3) is 8.72. The van der Waals surface area contributed by atoms with Crippen molar-refractivity contribution in [2.45, 2.75) is 52.2 Å². The summed E-state index contributed by atoms with van der Waals surface area (Å²) in [5.74, 6) is 0.375. The molecular formula is C30H36ClN3O5S. The molecule has 0 aliphatic rings. The van der Waals surface area contributed by atoms with Gasteiger partial charge in [-0.15, -0.1) is 0 Å². The van der Waals surface area contributed by atoms with E-state index in [0.717, 1.165) is 22.5 Å². The number of nitrogens with zero attached hydrogens (tertiary/aromatic N) is 2. The van der Waals surface area contributed by atoms with Gasteiger partial charge in [-0.3, -0.25) is 13.9 Å². The lowest BCUT2D eigenvalue weighted by molar-refractivity contribution is -0.140. The zero-order chi connectivity index (χ0) is 29.3. The molecule has 0 fully saturated rings. The molecule has 0 aliphatic carbocycles. The fourth-order valence-electron chi connectivity index (χ4n) is 4.07. The molecule has 3 aromatic rings. The predicted molar refractivity (Wildman–Crippen MR) is 159 cm³/mol. The highest BCUT2D eigenvalue weighted by Gasteiger charge is 2.32. The van der Waals surface area contributed by atoms with Crippen molar-refractivity contribution in [1.29, 1.82) is 0 Å². The predicted octanol–water partition coefficient (Wildman–Crippen LogP) is 5.62. The van der Waals surface area contributed by atoms with Gasteiger partial charge in [-0.25, -0.2) is 8.42 Å². The van der Waals surface area contributed by atoms with Gasteiger partial charge in [0.05, 0.1) is 11.9 Å². The number of rotatable bonds is 13. The Hall–Kier alpha value is -3.56. The number of para-hydroxylation sites is 1. The lowest BCUT2D eigenvalue weighted by Gasteiger charge is -2.33. The number of anilines is 1. The lowest BCUT2D eigenvalue weighted by Crippen LogP contribution is -2.53. The fraction of sp³-hybridized carbons (Fsp3) is 0.333. The molecule has 3 rings (SSSR count). The van der Waals surface area contributed by atoms with Gasteiger partial charge in [0.25, 0.3) is 0 Å². The second kappa shape index (κ2) is 14.2. The molecule has 0 heterocycles. The summed E-state index contributed by atoms with van der Waals surface area (Å²) in [5.41, 5.74) is 1.07. The van der Waals surface area contributed by atoms with Crippen LogP contribution in [0.2, 0.25) is 5.02 Å². The normalized spacial score (nSPS) is 12.7. The van der Waals surface area contributed by atoms with Crippen LogP contribution in [-0.4, -0.2) is 50.0 Å². The van der Waals surface area contributed by atoms with Crippen LogP contribution >= 0.6 is 11.6 Å². The van der Waals surface area contributed by atoms with Crippen LogP contribution < -0.4 is 14.4 Å². The van der Waals surface area contributed by atoms with Crippen LogP contribution in [0, 0.1) is 0 Å². The minimum Gasteiger partial charge on any atom is -0.457 e. The fourth-order valence-corrected chi connectivity index (χ4v) is 5.04. The summed E-state index contributed by atoms with van der Waals surface area (Å²) >= 11 is 6.04. The molecule has 0 spiro atoms. The molecule has 0 saturated heterocycles. The average molecular weight is 586 g/mol. The van der Waals surface area contributed by atoms with Gasteiger partial charge in [-0.05, 0) is 73.9 Å². The number of halogens is 1. The Balaban J connectivity index is 1.89. The SMILES string of the molecule is CC[C@H](C)NC(=O)[C@H](CC)N(Cc1ccc(Cl)cc1)C(=O)CN(c1ccc(Oc2ccccc2)cc1)S(C)(=O)=O. The summed E-state index contributed by atoms with van der Waals surface area (Å²) in [6, 6.07) is 21.8. The quantitative estimate of drug-likeness (QED) is 0.281. The molecule has 0 radical (unpaired) electrons. The van der Waals surface area contributed by atoms with Gasteiger partial charge in [0.1, 0.15) is 24.1 Å². The van der Waals surface area contributed by atoms with Gasteiger partial charge >= 0.3 is 0 Å². The number of benzene rings is 3. The van der Waals surface area contributed by atoms with Crippen molar-refractivity contribution in [3.05, 3.63) is 89.4 Å². The maximum absolute atomic E-state index is 13.8. The van der Waals surface area contributed by atoms with Gasteiger partial charge in [0.15, 0.2) is 0 Å². The zero-order valence-corrected chi connectivity index (χ0v) is 24.8. The Morgan fingerprint density at radius 3 is 2.05 bits per heavy atom. The van der Waals surface area contributed by atoms with Crippen LogP contribution in [0.5, 0.6) is 11.5 Å².